The van der Waals surface area contributed by atoms with Crippen LogP contribution >= 0.6 is 11.3 Å². The summed E-state index contributed by atoms with van der Waals surface area (Å²) in [7, 11) is 1.49. The van der Waals surface area contributed by atoms with E-state index < -0.39 is 0 Å². The highest BCUT2D eigenvalue weighted by molar-refractivity contribution is 7.09. The molecule has 0 bridgehead atoms. The van der Waals surface area contributed by atoms with Crippen molar-refractivity contribution in [3.8, 4) is 5.75 Å². The largest absolute Gasteiger partial charge is 0.494 e. The van der Waals surface area contributed by atoms with Crippen LogP contribution in [0.5, 0.6) is 5.75 Å². The van der Waals surface area contributed by atoms with E-state index in [2.05, 4.69) is 15.2 Å². The van der Waals surface area contributed by atoms with Gasteiger partial charge in [-0.3, -0.25) is 9.69 Å². The number of halogens is 1. The van der Waals surface area contributed by atoms with Gasteiger partial charge in [-0.2, -0.15) is 0 Å². The first-order valence-corrected chi connectivity index (χ1v) is 11.3. The lowest BCUT2D eigenvalue weighted by atomic mass is 9.88. The standard InChI is InChI=1S/C22H28FN3O3S/c1-15-25-19(14-30-15)21(27)24-12-17-5-6-22(29-17)7-9-26(10-8-22)13-16-3-4-18(23)20(11-16)28-2/h3-4,11,14,17H,5-10,12-13H2,1-2H3,(H,24,27)/t17-/m0/s1. The van der Waals surface area contributed by atoms with Gasteiger partial charge in [0, 0.05) is 31.6 Å². The predicted octanol–water partition coefficient (Wildman–Crippen LogP) is 3.54. The van der Waals surface area contributed by atoms with Gasteiger partial charge >= 0.3 is 0 Å². The minimum atomic E-state index is -0.332. The van der Waals surface area contributed by atoms with Crippen LogP contribution in [0.1, 0.15) is 46.7 Å². The predicted molar refractivity (Wildman–Crippen MR) is 113 cm³/mol. The van der Waals surface area contributed by atoms with Gasteiger partial charge in [0.2, 0.25) is 0 Å². The summed E-state index contributed by atoms with van der Waals surface area (Å²) < 4.78 is 25.1. The Kier molecular flexibility index (Phi) is 6.36. The molecule has 1 aromatic carbocycles. The molecule has 0 saturated carbocycles. The average Bonchev–Trinajstić information content (AvgIpc) is 3.36. The molecule has 2 aliphatic rings. The molecule has 0 unspecified atom stereocenters. The maximum atomic E-state index is 13.6. The number of likely N-dealkylation sites (tertiary alicyclic amines) is 1. The fourth-order valence-corrected chi connectivity index (χ4v) is 4.94. The highest BCUT2D eigenvalue weighted by Crippen LogP contribution is 2.39. The SMILES string of the molecule is COc1cc(CN2CCC3(CC[C@@H](CNC(=O)c4csc(C)n4)O3)CC2)ccc1F. The van der Waals surface area contributed by atoms with Crippen molar-refractivity contribution < 1.29 is 18.7 Å². The molecule has 4 rings (SSSR count). The molecule has 2 fully saturated rings. The van der Waals surface area contributed by atoms with Crippen molar-refractivity contribution in [3.63, 3.8) is 0 Å². The second kappa shape index (κ2) is 8.99. The zero-order chi connectivity index (χ0) is 21.1. The number of hydrogen-bond acceptors (Lipinski definition) is 6. The molecule has 0 radical (unpaired) electrons. The molecular weight excluding hydrogens is 405 g/mol. The van der Waals surface area contributed by atoms with Crippen LogP contribution in [0.3, 0.4) is 0 Å². The number of rotatable bonds is 6. The number of carbonyl (C=O) groups is 1. The zero-order valence-corrected chi connectivity index (χ0v) is 18.3. The summed E-state index contributed by atoms with van der Waals surface area (Å²) in [6.45, 7) is 5.08. The van der Waals surface area contributed by atoms with Crippen molar-refractivity contribution in [2.45, 2.75) is 50.9 Å². The highest BCUT2D eigenvalue weighted by Gasteiger charge is 2.42. The first-order valence-electron chi connectivity index (χ1n) is 10.4. The Morgan fingerprint density at radius 3 is 2.90 bits per heavy atom. The van der Waals surface area contributed by atoms with Crippen LogP contribution < -0.4 is 10.1 Å². The summed E-state index contributed by atoms with van der Waals surface area (Å²) in [4.78, 5) is 18.8. The van der Waals surface area contributed by atoms with Gasteiger partial charge in [-0.1, -0.05) is 6.07 Å². The molecule has 30 heavy (non-hydrogen) atoms. The van der Waals surface area contributed by atoms with Crippen molar-refractivity contribution in [1.29, 1.82) is 0 Å². The Morgan fingerprint density at radius 1 is 1.40 bits per heavy atom. The number of amides is 1. The number of aromatic nitrogens is 1. The molecule has 1 atom stereocenters. The first kappa shape index (κ1) is 21.2. The number of aryl methyl sites for hydroxylation is 1. The van der Waals surface area contributed by atoms with Gasteiger partial charge in [-0.05, 0) is 50.3 Å². The molecule has 2 saturated heterocycles. The van der Waals surface area contributed by atoms with Crippen LogP contribution in [0, 0.1) is 12.7 Å². The molecule has 6 nitrogen and oxygen atoms in total. The average molecular weight is 434 g/mol. The molecule has 8 heteroatoms. The molecule has 2 aliphatic heterocycles. The number of methoxy groups -OCH3 is 1. The van der Waals surface area contributed by atoms with Gasteiger partial charge in [-0.15, -0.1) is 11.3 Å². The minimum Gasteiger partial charge on any atom is -0.494 e. The lowest BCUT2D eigenvalue weighted by molar-refractivity contribution is -0.0764. The number of thiazole rings is 1. The van der Waals surface area contributed by atoms with E-state index in [4.69, 9.17) is 9.47 Å². The minimum absolute atomic E-state index is 0.0570. The van der Waals surface area contributed by atoms with Gasteiger partial charge in [0.05, 0.1) is 23.8 Å². The highest BCUT2D eigenvalue weighted by atomic mass is 32.1. The van der Waals surface area contributed by atoms with Gasteiger partial charge in [0.15, 0.2) is 11.6 Å². The number of hydrogen-bond donors (Lipinski definition) is 1. The summed E-state index contributed by atoms with van der Waals surface area (Å²) in [5.74, 6) is -0.174. The molecule has 0 aliphatic carbocycles. The molecule has 1 N–H and O–H groups in total. The zero-order valence-electron chi connectivity index (χ0n) is 17.4. The maximum Gasteiger partial charge on any atom is 0.270 e. The van der Waals surface area contributed by atoms with Gasteiger partial charge in [0.25, 0.3) is 5.91 Å². The summed E-state index contributed by atoms with van der Waals surface area (Å²) in [5, 5.41) is 5.64. The van der Waals surface area contributed by atoms with Crippen LogP contribution in [0.15, 0.2) is 23.6 Å². The molecule has 1 aromatic heterocycles. The van der Waals surface area contributed by atoms with E-state index in [1.54, 1.807) is 11.4 Å². The van der Waals surface area contributed by atoms with E-state index in [9.17, 15) is 9.18 Å². The number of carbonyl (C=O) groups excluding carboxylic acids is 1. The van der Waals surface area contributed by atoms with Gasteiger partial charge < -0.3 is 14.8 Å². The van der Waals surface area contributed by atoms with Crippen LogP contribution in [-0.2, 0) is 11.3 Å². The lowest BCUT2D eigenvalue weighted by Crippen LogP contribution is -2.44. The number of ether oxygens (including phenoxy) is 2. The third kappa shape index (κ3) is 4.82. The summed E-state index contributed by atoms with van der Waals surface area (Å²) in [6.07, 6.45) is 4.00. The van der Waals surface area contributed by atoms with Crippen LogP contribution in [-0.4, -0.2) is 54.2 Å². The Hall–Kier alpha value is -2.03. The molecular formula is C22H28FN3O3S. The number of benzene rings is 1. The summed E-state index contributed by atoms with van der Waals surface area (Å²) in [6, 6.07) is 5.05. The maximum absolute atomic E-state index is 13.6. The summed E-state index contributed by atoms with van der Waals surface area (Å²) in [5.41, 5.74) is 1.45. The number of nitrogens with zero attached hydrogens (tertiary/aromatic N) is 2. The number of piperidine rings is 1. The Bertz CT molecular complexity index is 896. The van der Waals surface area contributed by atoms with Crippen LogP contribution in [0.25, 0.3) is 0 Å². The molecule has 1 amide bonds. The van der Waals surface area contributed by atoms with E-state index in [0.717, 1.165) is 55.9 Å². The first-order chi connectivity index (χ1) is 14.5. The van der Waals surface area contributed by atoms with Crippen molar-refractivity contribution in [3.05, 3.63) is 45.7 Å². The van der Waals surface area contributed by atoms with Gasteiger partial charge in [-0.25, -0.2) is 9.37 Å². The van der Waals surface area contributed by atoms with E-state index in [-0.39, 0.29) is 29.2 Å². The fourth-order valence-electron chi connectivity index (χ4n) is 4.35. The van der Waals surface area contributed by atoms with Crippen LogP contribution in [0.4, 0.5) is 4.39 Å². The van der Waals surface area contributed by atoms with E-state index >= 15 is 0 Å². The fraction of sp³-hybridized carbons (Fsp3) is 0.545. The third-order valence-corrected chi connectivity index (χ3v) is 6.84. The van der Waals surface area contributed by atoms with Crippen LogP contribution in [0.2, 0.25) is 0 Å². The molecule has 1 spiro atoms. The topological polar surface area (TPSA) is 63.7 Å². The molecule has 162 valence electrons. The van der Waals surface area contributed by atoms with E-state index in [1.165, 1.54) is 24.5 Å². The van der Waals surface area contributed by atoms with Crippen molar-refractivity contribution >= 4 is 17.2 Å². The van der Waals surface area contributed by atoms with Crippen molar-refractivity contribution in [1.82, 2.24) is 15.2 Å². The van der Waals surface area contributed by atoms with E-state index in [1.807, 2.05) is 13.0 Å². The smallest absolute Gasteiger partial charge is 0.270 e. The molecule has 2 aromatic rings. The summed E-state index contributed by atoms with van der Waals surface area (Å²) >= 11 is 1.48. The molecule has 3 heterocycles. The van der Waals surface area contributed by atoms with Crippen molar-refractivity contribution in [2.24, 2.45) is 0 Å². The lowest BCUT2D eigenvalue weighted by Gasteiger charge is -2.39. The van der Waals surface area contributed by atoms with Crippen molar-refractivity contribution in [2.75, 3.05) is 26.7 Å². The second-order valence-corrected chi connectivity index (χ2v) is 9.23. The monoisotopic (exact) mass is 433 g/mol. The quantitative estimate of drug-likeness (QED) is 0.755. The Morgan fingerprint density at radius 2 is 2.20 bits per heavy atom. The number of nitrogens with one attached hydrogen (secondary N) is 1. The second-order valence-electron chi connectivity index (χ2n) is 8.17. The normalized spacial score (nSPS) is 21.1. The Balaban J connectivity index is 1.24. The third-order valence-electron chi connectivity index (χ3n) is 6.07. The Labute approximate surface area is 180 Å². The van der Waals surface area contributed by atoms with E-state index in [0.29, 0.717) is 12.2 Å². The van der Waals surface area contributed by atoms with Gasteiger partial charge in [0.1, 0.15) is 5.69 Å².